The lowest BCUT2D eigenvalue weighted by molar-refractivity contribution is 0.102. The van der Waals surface area contributed by atoms with Crippen molar-refractivity contribution >= 4 is 10.8 Å². The molecule has 0 saturated heterocycles. The van der Waals surface area contributed by atoms with Gasteiger partial charge in [0.15, 0.2) is 0 Å². The summed E-state index contributed by atoms with van der Waals surface area (Å²) in [6, 6.07) is 20.6. The summed E-state index contributed by atoms with van der Waals surface area (Å²) in [6.45, 7) is 5.99. The molecule has 1 heteroatoms. The Morgan fingerprint density at radius 1 is 0.714 bits per heavy atom. The highest BCUT2D eigenvalue weighted by molar-refractivity contribution is 5.83. The molecule has 0 bridgehead atoms. The van der Waals surface area contributed by atoms with Gasteiger partial charge >= 0.3 is 0 Å². The number of aryl methyl sites for hydroxylation is 2. The van der Waals surface area contributed by atoms with Crippen molar-refractivity contribution in [1.82, 2.24) is 0 Å². The summed E-state index contributed by atoms with van der Waals surface area (Å²) in [7, 11) is 0. The highest BCUT2D eigenvalue weighted by atomic mass is 16.3. The zero-order chi connectivity index (χ0) is 15.0. The van der Waals surface area contributed by atoms with E-state index >= 15 is 0 Å². The van der Waals surface area contributed by atoms with E-state index in [1.165, 1.54) is 16.5 Å². The third-order valence-corrected chi connectivity index (χ3v) is 4.10. The largest absolute Gasteiger partial charge is 0.381 e. The van der Waals surface area contributed by atoms with E-state index in [1.807, 2.05) is 25.1 Å². The van der Waals surface area contributed by atoms with Crippen molar-refractivity contribution < 1.29 is 5.11 Å². The molecule has 0 amide bonds. The molecule has 1 atom stereocenters. The predicted octanol–water partition coefficient (Wildman–Crippen LogP) is 4.71. The summed E-state index contributed by atoms with van der Waals surface area (Å²) in [4.78, 5) is 0. The highest BCUT2D eigenvalue weighted by Crippen LogP contribution is 2.32. The molecule has 0 spiro atoms. The van der Waals surface area contributed by atoms with E-state index in [4.69, 9.17) is 0 Å². The molecule has 3 aromatic carbocycles. The summed E-state index contributed by atoms with van der Waals surface area (Å²) in [5.74, 6) is 0. The van der Waals surface area contributed by atoms with Crippen LogP contribution in [0.25, 0.3) is 10.8 Å². The maximum atomic E-state index is 11.1. The second kappa shape index (κ2) is 5.01. The molecule has 0 aromatic heterocycles. The van der Waals surface area contributed by atoms with E-state index in [2.05, 4.69) is 56.3 Å². The minimum absolute atomic E-state index is 0.922. The fourth-order valence-electron chi connectivity index (χ4n) is 2.91. The number of aliphatic hydroxyl groups is 1. The average Bonchev–Trinajstić information content (AvgIpc) is 2.45. The van der Waals surface area contributed by atoms with Crippen LogP contribution < -0.4 is 0 Å². The lowest BCUT2D eigenvalue weighted by atomic mass is 9.85. The van der Waals surface area contributed by atoms with Crippen molar-refractivity contribution in [2.24, 2.45) is 0 Å². The maximum absolute atomic E-state index is 11.1. The Hall–Kier alpha value is -2.12. The van der Waals surface area contributed by atoms with Gasteiger partial charge < -0.3 is 5.11 Å². The highest BCUT2D eigenvalue weighted by Gasteiger charge is 2.26. The zero-order valence-electron chi connectivity index (χ0n) is 12.7. The van der Waals surface area contributed by atoms with E-state index in [9.17, 15) is 5.11 Å². The molecular weight excluding hydrogens is 256 g/mol. The topological polar surface area (TPSA) is 20.2 Å². The van der Waals surface area contributed by atoms with Gasteiger partial charge in [-0.15, -0.1) is 0 Å². The van der Waals surface area contributed by atoms with Gasteiger partial charge in [0.2, 0.25) is 0 Å². The van der Waals surface area contributed by atoms with Crippen LogP contribution in [0.15, 0.2) is 60.7 Å². The summed E-state index contributed by atoms with van der Waals surface area (Å²) in [6.07, 6.45) is 0. The number of hydrogen-bond acceptors (Lipinski definition) is 1. The van der Waals surface area contributed by atoms with Gasteiger partial charge in [0.25, 0.3) is 0 Å². The van der Waals surface area contributed by atoms with Crippen molar-refractivity contribution in [1.29, 1.82) is 0 Å². The Kier molecular flexibility index (Phi) is 3.30. The minimum Gasteiger partial charge on any atom is -0.381 e. The molecule has 0 heterocycles. The monoisotopic (exact) mass is 276 g/mol. The van der Waals surface area contributed by atoms with E-state index in [0.29, 0.717) is 0 Å². The smallest absolute Gasteiger partial charge is 0.112 e. The lowest BCUT2D eigenvalue weighted by Crippen LogP contribution is -2.23. The lowest BCUT2D eigenvalue weighted by Gasteiger charge is -2.26. The summed E-state index contributed by atoms with van der Waals surface area (Å²) < 4.78 is 0. The van der Waals surface area contributed by atoms with Crippen LogP contribution in [-0.2, 0) is 5.60 Å². The van der Waals surface area contributed by atoms with Crippen LogP contribution in [0.5, 0.6) is 0 Å². The van der Waals surface area contributed by atoms with E-state index < -0.39 is 5.60 Å². The summed E-state index contributed by atoms with van der Waals surface area (Å²) in [5.41, 5.74) is 3.22. The molecule has 0 fully saturated rings. The third kappa shape index (κ3) is 2.57. The second-order valence-electron chi connectivity index (χ2n) is 6.01. The summed E-state index contributed by atoms with van der Waals surface area (Å²) >= 11 is 0. The normalized spacial score (nSPS) is 14.1. The molecule has 106 valence electrons. The van der Waals surface area contributed by atoms with Gasteiger partial charge in [0.1, 0.15) is 5.60 Å². The van der Waals surface area contributed by atoms with Gasteiger partial charge in [-0.05, 0) is 48.7 Å². The van der Waals surface area contributed by atoms with Crippen LogP contribution in [0.1, 0.15) is 29.2 Å². The molecule has 0 aliphatic heterocycles. The Morgan fingerprint density at radius 3 is 2.00 bits per heavy atom. The predicted molar refractivity (Wildman–Crippen MR) is 88.5 cm³/mol. The first-order valence-corrected chi connectivity index (χ1v) is 7.27. The molecule has 1 unspecified atom stereocenters. The Labute approximate surface area is 125 Å². The Morgan fingerprint density at radius 2 is 1.33 bits per heavy atom. The fraction of sp³-hybridized carbons (Fsp3) is 0.200. The minimum atomic E-state index is -0.985. The number of rotatable bonds is 2. The van der Waals surface area contributed by atoms with Crippen LogP contribution >= 0.6 is 0 Å². The molecule has 0 aliphatic carbocycles. The zero-order valence-corrected chi connectivity index (χ0v) is 12.7. The van der Waals surface area contributed by atoms with Gasteiger partial charge in [-0.25, -0.2) is 0 Å². The fourth-order valence-corrected chi connectivity index (χ4v) is 2.91. The number of hydrogen-bond donors (Lipinski definition) is 1. The standard InChI is InChI=1S/C20H20O/c1-14-10-15(2)12-19(11-14)20(3,21)18-9-8-16-6-4-5-7-17(16)13-18/h4-13,21H,1-3H3. The average molecular weight is 276 g/mol. The Bertz CT molecular complexity index is 780. The first kappa shape index (κ1) is 13.8. The first-order valence-electron chi connectivity index (χ1n) is 7.27. The molecule has 0 radical (unpaired) electrons. The SMILES string of the molecule is Cc1cc(C)cc(C(C)(O)c2ccc3ccccc3c2)c1. The van der Waals surface area contributed by atoms with Crippen LogP contribution in [0.2, 0.25) is 0 Å². The molecular formula is C20H20O. The van der Waals surface area contributed by atoms with Crippen molar-refractivity contribution in [2.75, 3.05) is 0 Å². The van der Waals surface area contributed by atoms with E-state index in [1.54, 1.807) is 0 Å². The van der Waals surface area contributed by atoms with Crippen molar-refractivity contribution in [3.8, 4) is 0 Å². The molecule has 3 aromatic rings. The Balaban J connectivity index is 2.14. The molecule has 1 nitrogen and oxygen atoms in total. The maximum Gasteiger partial charge on any atom is 0.112 e. The number of fused-ring (bicyclic) bond motifs is 1. The van der Waals surface area contributed by atoms with Crippen molar-refractivity contribution in [2.45, 2.75) is 26.4 Å². The van der Waals surface area contributed by atoms with Crippen LogP contribution in [-0.4, -0.2) is 5.11 Å². The van der Waals surface area contributed by atoms with Crippen LogP contribution in [0.3, 0.4) is 0 Å². The van der Waals surface area contributed by atoms with Gasteiger partial charge in [0, 0.05) is 0 Å². The first-order chi connectivity index (χ1) is 9.96. The molecule has 3 rings (SSSR count). The van der Waals surface area contributed by atoms with Crippen molar-refractivity contribution in [3.05, 3.63) is 82.9 Å². The van der Waals surface area contributed by atoms with Gasteiger partial charge in [-0.1, -0.05) is 65.7 Å². The van der Waals surface area contributed by atoms with Gasteiger partial charge in [-0.3, -0.25) is 0 Å². The van der Waals surface area contributed by atoms with Crippen LogP contribution in [0, 0.1) is 13.8 Å². The van der Waals surface area contributed by atoms with E-state index in [-0.39, 0.29) is 0 Å². The summed E-state index contributed by atoms with van der Waals surface area (Å²) in [5, 5.41) is 13.4. The third-order valence-electron chi connectivity index (χ3n) is 4.10. The number of benzene rings is 3. The molecule has 0 saturated carbocycles. The van der Waals surface area contributed by atoms with Gasteiger partial charge in [-0.2, -0.15) is 0 Å². The quantitative estimate of drug-likeness (QED) is 0.718. The molecule has 1 N–H and O–H groups in total. The van der Waals surface area contributed by atoms with Crippen molar-refractivity contribution in [3.63, 3.8) is 0 Å². The van der Waals surface area contributed by atoms with E-state index in [0.717, 1.165) is 16.5 Å². The molecule has 0 aliphatic rings. The molecule has 21 heavy (non-hydrogen) atoms. The van der Waals surface area contributed by atoms with Crippen LogP contribution in [0.4, 0.5) is 0 Å². The van der Waals surface area contributed by atoms with Gasteiger partial charge in [0.05, 0.1) is 0 Å². The second-order valence-corrected chi connectivity index (χ2v) is 6.01.